The number of amides is 2. The average Bonchev–Trinajstić information content (AvgIpc) is 2.72. The zero-order valence-corrected chi connectivity index (χ0v) is 10.3. The Labute approximate surface area is 100 Å². The molecule has 2 N–H and O–H groups in total. The Bertz CT molecular complexity index is 464. The first-order chi connectivity index (χ1) is 8.06. The summed E-state index contributed by atoms with van der Waals surface area (Å²) in [5.41, 5.74) is 1.90. The van der Waals surface area contributed by atoms with Gasteiger partial charge < -0.3 is 4.90 Å². The molecule has 1 atom stereocenters. The number of rotatable bonds is 3. The first kappa shape index (κ1) is 11.6. The van der Waals surface area contributed by atoms with Gasteiger partial charge in [-0.3, -0.25) is 15.4 Å². The minimum Gasteiger partial charge on any atom is -0.310 e. The van der Waals surface area contributed by atoms with Crippen molar-refractivity contribution in [1.82, 2.24) is 20.0 Å². The van der Waals surface area contributed by atoms with Crippen molar-refractivity contribution in [2.24, 2.45) is 7.05 Å². The molecule has 2 heterocycles. The fourth-order valence-corrected chi connectivity index (χ4v) is 2.11. The van der Waals surface area contributed by atoms with Gasteiger partial charge in [-0.1, -0.05) is 6.92 Å². The first-order valence-electron chi connectivity index (χ1n) is 5.70. The van der Waals surface area contributed by atoms with Gasteiger partial charge in [0.25, 0.3) is 0 Å². The van der Waals surface area contributed by atoms with Crippen LogP contribution >= 0.6 is 0 Å². The summed E-state index contributed by atoms with van der Waals surface area (Å²) in [4.78, 5) is 13.4. The number of hydrogen-bond donors (Lipinski definition) is 2. The van der Waals surface area contributed by atoms with Crippen LogP contribution in [0.1, 0.15) is 30.6 Å². The van der Waals surface area contributed by atoms with Gasteiger partial charge >= 0.3 is 6.03 Å². The Balaban J connectivity index is 2.38. The number of nitrogens with one attached hydrogen (secondary N) is 2. The van der Waals surface area contributed by atoms with Gasteiger partial charge in [-0.25, -0.2) is 4.79 Å². The van der Waals surface area contributed by atoms with Crippen molar-refractivity contribution >= 4 is 11.9 Å². The predicted octanol–water partition coefficient (Wildman–Crippen LogP) is 1.18. The monoisotopic (exact) mass is 235 g/mol. The second-order valence-corrected chi connectivity index (χ2v) is 4.25. The van der Waals surface area contributed by atoms with Gasteiger partial charge in [0.15, 0.2) is 0 Å². The zero-order valence-electron chi connectivity index (χ0n) is 10.3. The lowest BCUT2D eigenvalue weighted by Crippen LogP contribution is -2.30. The fourth-order valence-electron chi connectivity index (χ4n) is 2.11. The molecule has 0 radical (unpaired) electrons. The van der Waals surface area contributed by atoms with Crippen molar-refractivity contribution < 1.29 is 4.79 Å². The summed E-state index contributed by atoms with van der Waals surface area (Å²) in [5, 5.41) is 14.6. The number of carbonyl (C=O) groups excluding carboxylic acids is 1. The van der Waals surface area contributed by atoms with Crippen molar-refractivity contribution in [2.75, 3.05) is 6.54 Å². The van der Waals surface area contributed by atoms with Crippen LogP contribution in [0.15, 0.2) is 6.20 Å². The molecule has 2 amide bonds. The fraction of sp³-hybridized carbons (Fsp3) is 0.545. The average molecular weight is 235 g/mol. The SMILES string of the molecule is CCCN1C(=O)NC(=N)C1c1cnn(C)c1C. The Morgan fingerprint density at radius 3 is 2.82 bits per heavy atom. The molecule has 6 nitrogen and oxygen atoms in total. The van der Waals surface area contributed by atoms with E-state index in [1.54, 1.807) is 15.8 Å². The molecule has 0 aliphatic carbocycles. The van der Waals surface area contributed by atoms with E-state index in [4.69, 9.17) is 5.41 Å². The molecule has 1 aromatic heterocycles. The maximum atomic E-state index is 11.7. The molecule has 2 rings (SSSR count). The first-order valence-corrected chi connectivity index (χ1v) is 5.70. The van der Waals surface area contributed by atoms with E-state index >= 15 is 0 Å². The molecule has 1 aliphatic heterocycles. The van der Waals surface area contributed by atoms with Gasteiger partial charge in [0, 0.05) is 24.8 Å². The summed E-state index contributed by atoms with van der Waals surface area (Å²) in [5.74, 6) is 0.236. The van der Waals surface area contributed by atoms with E-state index in [1.165, 1.54) is 0 Å². The third kappa shape index (κ3) is 1.79. The summed E-state index contributed by atoms with van der Waals surface area (Å²) in [6, 6.07) is -0.499. The number of aromatic nitrogens is 2. The highest BCUT2D eigenvalue weighted by atomic mass is 16.2. The highest BCUT2D eigenvalue weighted by Crippen LogP contribution is 2.27. The van der Waals surface area contributed by atoms with Crippen LogP contribution < -0.4 is 5.32 Å². The topological polar surface area (TPSA) is 74.0 Å². The van der Waals surface area contributed by atoms with E-state index in [-0.39, 0.29) is 17.9 Å². The van der Waals surface area contributed by atoms with E-state index < -0.39 is 0 Å². The molecule has 1 saturated heterocycles. The van der Waals surface area contributed by atoms with Crippen molar-refractivity contribution in [2.45, 2.75) is 26.3 Å². The van der Waals surface area contributed by atoms with Gasteiger partial charge in [0.2, 0.25) is 0 Å². The van der Waals surface area contributed by atoms with Gasteiger partial charge in [-0.15, -0.1) is 0 Å². The van der Waals surface area contributed by atoms with Crippen LogP contribution in [0.25, 0.3) is 0 Å². The second-order valence-electron chi connectivity index (χ2n) is 4.25. The van der Waals surface area contributed by atoms with Crippen LogP contribution in [-0.4, -0.2) is 33.1 Å². The lowest BCUT2D eigenvalue weighted by Gasteiger charge is -2.21. The van der Waals surface area contributed by atoms with E-state index in [2.05, 4.69) is 10.4 Å². The van der Waals surface area contributed by atoms with E-state index in [0.29, 0.717) is 6.54 Å². The predicted molar refractivity (Wildman–Crippen MR) is 63.9 cm³/mol. The van der Waals surface area contributed by atoms with Crippen LogP contribution in [0.5, 0.6) is 0 Å². The number of carbonyl (C=O) groups is 1. The summed E-state index contributed by atoms with van der Waals surface area (Å²) in [6.07, 6.45) is 2.61. The number of aryl methyl sites for hydroxylation is 1. The van der Waals surface area contributed by atoms with E-state index in [9.17, 15) is 4.79 Å². The smallest absolute Gasteiger partial charge is 0.310 e. The number of urea groups is 1. The van der Waals surface area contributed by atoms with Crippen molar-refractivity contribution in [3.8, 4) is 0 Å². The molecule has 92 valence electrons. The van der Waals surface area contributed by atoms with Crippen molar-refractivity contribution in [1.29, 1.82) is 5.41 Å². The second kappa shape index (κ2) is 4.20. The van der Waals surface area contributed by atoms with Crippen LogP contribution in [0.3, 0.4) is 0 Å². The van der Waals surface area contributed by atoms with Crippen LogP contribution in [0.4, 0.5) is 4.79 Å². The third-order valence-electron chi connectivity index (χ3n) is 3.12. The standard InChI is InChI=1S/C11H17N5O/c1-4-5-16-9(10(12)14-11(16)17)8-6-13-15(3)7(8)2/h6,9H,4-5H2,1-3H3,(H2,12,14,17). The summed E-state index contributed by atoms with van der Waals surface area (Å²) < 4.78 is 1.76. The molecule has 0 spiro atoms. The molecule has 0 bridgehead atoms. The Hall–Kier alpha value is -1.85. The lowest BCUT2D eigenvalue weighted by molar-refractivity contribution is 0.205. The Morgan fingerprint density at radius 2 is 2.29 bits per heavy atom. The van der Waals surface area contributed by atoms with E-state index in [1.807, 2.05) is 20.9 Å². The minimum absolute atomic E-state index is 0.190. The Kier molecular flexibility index (Phi) is 2.87. The van der Waals surface area contributed by atoms with Crippen molar-refractivity contribution in [3.63, 3.8) is 0 Å². The molecule has 17 heavy (non-hydrogen) atoms. The Morgan fingerprint density at radius 1 is 1.59 bits per heavy atom. The number of amidine groups is 1. The van der Waals surface area contributed by atoms with E-state index in [0.717, 1.165) is 17.7 Å². The van der Waals surface area contributed by atoms with Crippen molar-refractivity contribution in [3.05, 3.63) is 17.5 Å². The lowest BCUT2D eigenvalue weighted by atomic mass is 10.1. The number of hydrogen-bond acceptors (Lipinski definition) is 3. The van der Waals surface area contributed by atoms with Gasteiger partial charge in [0.05, 0.1) is 6.20 Å². The number of nitrogens with zero attached hydrogens (tertiary/aromatic N) is 3. The molecular formula is C11H17N5O. The maximum Gasteiger partial charge on any atom is 0.323 e. The largest absolute Gasteiger partial charge is 0.323 e. The summed E-state index contributed by atoms with van der Waals surface area (Å²) in [6.45, 7) is 4.61. The third-order valence-corrected chi connectivity index (χ3v) is 3.12. The summed E-state index contributed by atoms with van der Waals surface area (Å²) in [7, 11) is 1.86. The molecule has 6 heteroatoms. The van der Waals surface area contributed by atoms with Crippen LogP contribution in [0, 0.1) is 12.3 Å². The van der Waals surface area contributed by atoms with Gasteiger partial charge in [-0.2, -0.15) is 5.10 Å². The van der Waals surface area contributed by atoms with Crippen LogP contribution in [0.2, 0.25) is 0 Å². The zero-order chi connectivity index (χ0) is 12.6. The van der Waals surface area contributed by atoms with Gasteiger partial charge in [0.1, 0.15) is 11.9 Å². The molecule has 1 aromatic rings. The molecular weight excluding hydrogens is 218 g/mol. The highest BCUT2D eigenvalue weighted by molar-refractivity contribution is 6.06. The van der Waals surface area contributed by atoms with Crippen LogP contribution in [-0.2, 0) is 7.05 Å². The quantitative estimate of drug-likeness (QED) is 0.825. The highest BCUT2D eigenvalue weighted by Gasteiger charge is 2.37. The van der Waals surface area contributed by atoms with Gasteiger partial charge in [-0.05, 0) is 13.3 Å². The normalized spacial score (nSPS) is 19.9. The molecule has 0 saturated carbocycles. The molecule has 1 fully saturated rings. The molecule has 0 aromatic carbocycles. The molecule has 1 aliphatic rings. The maximum absolute atomic E-state index is 11.7. The minimum atomic E-state index is -0.309. The molecule has 1 unspecified atom stereocenters. The summed E-state index contributed by atoms with van der Waals surface area (Å²) >= 11 is 0.